The van der Waals surface area contributed by atoms with Crippen LogP contribution in [0.1, 0.15) is 23.0 Å². The largest absolute Gasteiger partial charge is 0.460 e. The molecule has 0 saturated carbocycles. The summed E-state index contributed by atoms with van der Waals surface area (Å²) in [4.78, 5) is 29.0. The number of nitrogens with zero attached hydrogens (tertiary/aromatic N) is 1. The highest BCUT2D eigenvalue weighted by Crippen LogP contribution is 2.41. The van der Waals surface area contributed by atoms with Crippen molar-refractivity contribution in [1.82, 2.24) is 4.98 Å². The lowest BCUT2D eigenvalue weighted by atomic mass is 9.87. The molecule has 3 N–H and O–H groups in total. The van der Waals surface area contributed by atoms with E-state index in [1.54, 1.807) is 18.3 Å². The minimum absolute atomic E-state index is 0.0133. The van der Waals surface area contributed by atoms with Crippen molar-refractivity contribution < 1.29 is 28.5 Å². The molecule has 142 valence electrons. The Labute approximate surface area is 154 Å². The second-order valence-corrected chi connectivity index (χ2v) is 5.66. The number of methoxy groups -OCH3 is 1. The number of aliphatic hydroxyl groups excluding tert-OH is 1. The van der Waals surface area contributed by atoms with E-state index in [-0.39, 0.29) is 41.9 Å². The standard InChI is InChI=1S/C18H18N2O7/c1-24-5-6-25-18(23)14-13(10-3-2-4-20-8-10)16-15(27-17(14)19)12(22)7-11(9-21)26-16/h2-4,7-8,13,21H,5-6,9,19H2,1H3/t13-/m1/s1. The molecule has 0 spiro atoms. The molecule has 0 saturated heterocycles. The molecule has 9 heteroatoms. The fraction of sp³-hybridized carbons (Fsp3) is 0.278. The molecule has 27 heavy (non-hydrogen) atoms. The van der Waals surface area contributed by atoms with Crippen LogP contribution >= 0.6 is 0 Å². The summed E-state index contributed by atoms with van der Waals surface area (Å²) in [5, 5.41) is 9.36. The van der Waals surface area contributed by atoms with Gasteiger partial charge in [-0.05, 0) is 11.6 Å². The maximum absolute atomic E-state index is 12.6. The number of aromatic nitrogens is 1. The van der Waals surface area contributed by atoms with E-state index >= 15 is 0 Å². The lowest BCUT2D eigenvalue weighted by Gasteiger charge is -2.26. The molecule has 9 nitrogen and oxygen atoms in total. The summed E-state index contributed by atoms with van der Waals surface area (Å²) in [6, 6.07) is 4.48. The van der Waals surface area contributed by atoms with E-state index < -0.39 is 23.9 Å². The van der Waals surface area contributed by atoms with Gasteiger partial charge in [0.25, 0.3) is 0 Å². The van der Waals surface area contributed by atoms with Crippen LogP contribution in [0, 0.1) is 0 Å². The molecule has 0 aromatic carbocycles. The number of carbonyl (C=O) groups is 1. The minimum Gasteiger partial charge on any atom is -0.460 e. The number of ether oxygens (including phenoxy) is 3. The second kappa shape index (κ2) is 8.02. The van der Waals surface area contributed by atoms with Crippen molar-refractivity contribution in [1.29, 1.82) is 0 Å². The van der Waals surface area contributed by atoms with Crippen molar-refractivity contribution in [2.75, 3.05) is 20.3 Å². The van der Waals surface area contributed by atoms with E-state index in [1.165, 1.54) is 13.3 Å². The Kier molecular flexibility index (Phi) is 5.53. The SMILES string of the molecule is COCCOC(=O)C1=C(N)Oc2c(oc(CO)cc2=O)[C@@H]1c1cccnc1. The third-order valence-electron chi connectivity index (χ3n) is 3.92. The molecule has 0 unspecified atom stereocenters. The fourth-order valence-electron chi connectivity index (χ4n) is 2.74. The van der Waals surface area contributed by atoms with Gasteiger partial charge in [0.1, 0.15) is 24.5 Å². The van der Waals surface area contributed by atoms with Crippen molar-refractivity contribution in [2.45, 2.75) is 12.5 Å². The van der Waals surface area contributed by atoms with Crippen LogP contribution in [0.4, 0.5) is 0 Å². The van der Waals surface area contributed by atoms with Crippen LogP contribution in [-0.4, -0.2) is 36.4 Å². The predicted octanol–water partition coefficient (Wildman–Crippen LogP) is 0.411. The van der Waals surface area contributed by atoms with E-state index in [0.717, 1.165) is 6.07 Å². The maximum atomic E-state index is 12.6. The Hall–Kier alpha value is -3.17. The first-order valence-electron chi connectivity index (χ1n) is 8.08. The number of esters is 1. The lowest BCUT2D eigenvalue weighted by Crippen LogP contribution is -2.30. The molecule has 0 aliphatic carbocycles. The van der Waals surface area contributed by atoms with Crippen LogP contribution in [0.25, 0.3) is 0 Å². The zero-order valence-corrected chi connectivity index (χ0v) is 14.5. The average Bonchev–Trinajstić information content (AvgIpc) is 2.68. The maximum Gasteiger partial charge on any atom is 0.340 e. The van der Waals surface area contributed by atoms with E-state index in [0.29, 0.717) is 5.56 Å². The fourth-order valence-corrected chi connectivity index (χ4v) is 2.74. The number of hydrogen-bond donors (Lipinski definition) is 2. The minimum atomic E-state index is -0.878. The van der Waals surface area contributed by atoms with Gasteiger partial charge in [-0.3, -0.25) is 9.78 Å². The van der Waals surface area contributed by atoms with Crippen molar-refractivity contribution in [3.8, 4) is 5.75 Å². The predicted molar refractivity (Wildman–Crippen MR) is 91.7 cm³/mol. The number of carbonyl (C=O) groups excluding carboxylic acids is 1. The summed E-state index contributed by atoms with van der Waals surface area (Å²) in [6.07, 6.45) is 3.08. The topological polar surface area (TPSA) is 134 Å². The molecular formula is C18H18N2O7. The molecule has 0 radical (unpaired) electrons. The Morgan fingerprint density at radius 1 is 1.41 bits per heavy atom. The van der Waals surface area contributed by atoms with E-state index in [1.807, 2.05) is 0 Å². The molecule has 0 bridgehead atoms. The first-order chi connectivity index (χ1) is 13.1. The number of fused-ring (bicyclic) bond motifs is 1. The zero-order chi connectivity index (χ0) is 19.4. The van der Waals surface area contributed by atoms with Crippen LogP contribution in [0.2, 0.25) is 0 Å². The Morgan fingerprint density at radius 3 is 2.89 bits per heavy atom. The highest BCUT2D eigenvalue weighted by Gasteiger charge is 2.39. The molecule has 3 rings (SSSR count). The lowest BCUT2D eigenvalue weighted by molar-refractivity contribution is -0.140. The number of aliphatic hydroxyl groups is 1. The smallest absolute Gasteiger partial charge is 0.340 e. The summed E-state index contributed by atoms with van der Waals surface area (Å²) in [7, 11) is 1.48. The van der Waals surface area contributed by atoms with Gasteiger partial charge in [0.15, 0.2) is 5.76 Å². The van der Waals surface area contributed by atoms with Crippen molar-refractivity contribution in [2.24, 2.45) is 5.73 Å². The second-order valence-electron chi connectivity index (χ2n) is 5.66. The van der Waals surface area contributed by atoms with E-state index in [4.69, 9.17) is 24.4 Å². The van der Waals surface area contributed by atoms with Gasteiger partial charge in [-0.25, -0.2) is 4.79 Å². The molecule has 1 aliphatic rings. The van der Waals surface area contributed by atoms with Gasteiger partial charge in [-0.1, -0.05) is 6.07 Å². The van der Waals surface area contributed by atoms with Crippen LogP contribution in [0.15, 0.2) is 51.3 Å². The van der Waals surface area contributed by atoms with Gasteiger partial charge < -0.3 is 29.5 Å². The molecule has 3 heterocycles. The van der Waals surface area contributed by atoms with Crippen LogP contribution in [0.3, 0.4) is 0 Å². The van der Waals surface area contributed by atoms with Gasteiger partial charge in [0.05, 0.1) is 12.5 Å². The van der Waals surface area contributed by atoms with Crippen LogP contribution in [-0.2, 0) is 20.9 Å². The molecule has 2 aromatic heterocycles. The van der Waals surface area contributed by atoms with Gasteiger partial charge in [-0.15, -0.1) is 0 Å². The number of pyridine rings is 1. The highest BCUT2D eigenvalue weighted by molar-refractivity contribution is 5.92. The van der Waals surface area contributed by atoms with E-state index in [9.17, 15) is 14.7 Å². The van der Waals surface area contributed by atoms with Crippen LogP contribution in [0.5, 0.6) is 5.75 Å². The molecule has 1 atom stereocenters. The monoisotopic (exact) mass is 374 g/mol. The van der Waals surface area contributed by atoms with Gasteiger partial charge in [0, 0.05) is 25.6 Å². The third kappa shape index (κ3) is 3.69. The summed E-state index contributed by atoms with van der Waals surface area (Å²) in [5.74, 6) is -1.94. The van der Waals surface area contributed by atoms with Crippen molar-refractivity contribution in [3.05, 3.63) is 69.4 Å². The average molecular weight is 374 g/mol. The first kappa shape index (κ1) is 18.6. The molecular weight excluding hydrogens is 356 g/mol. The van der Waals surface area contributed by atoms with Crippen LogP contribution < -0.4 is 15.9 Å². The normalized spacial score (nSPS) is 15.9. The Morgan fingerprint density at radius 2 is 2.22 bits per heavy atom. The van der Waals surface area contributed by atoms with Gasteiger partial charge >= 0.3 is 5.97 Å². The number of rotatable bonds is 6. The molecule has 1 aliphatic heterocycles. The molecule has 2 aromatic rings. The van der Waals surface area contributed by atoms with Gasteiger partial charge in [-0.2, -0.15) is 0 Å². The molecule has 0 fully saturated rings. The summed E-state index contributed by atoms with van der Waals surface area (Å²) in [5.41, 5.74) is 5.94. The number of nitrogens with two attached hydrogens (primary N) is 1. The zero-order valence-electron chi connectivity index (χ0n) is 14.5. The quantitative estimate of drug-likeness (QED) is 0.544. The van der Waals surface area contributed by atoms with E-state index in [2.05, 4.69) is 4.98 Å². The van der Waals surface area contributed by atoms with Crippen molar-refractivity contribution in [3.63, 3.8) is 0 Å². The first-order valence-corrected chi connectivity index (χ1v) is 8.08. The highest BCUT2D eigenvalue weighted by atomic mass is 16.6. The Balaban J connectivity index is 2.14. The third-order valence-corrected chi connectivity index (χ3v) is 3.92. The Bertz CT molecular complexity index is 921. The summed E-state index contributed by atoms with van der Waals surface area (Å²) < 4.78 is 21.0. The summed E-state index contributed by atoms with van der Waals surface area (Å²) >= 11 is 0. The van der Waals surface area contributed by atoms with Crippen molar-refractivity contribution >= 4 is 5.97 Å². The van der Waals surface area contributed by atoms with Gasteiger partial charge in [0.2, 0.25) is 17.1 Å². The summed E-state index contributed by atoms with van der Waals surface area (Å²) in [6.45, 7) is -0.272. The number of hydrogen-bond acceptors (Lipinski definition) is 9. The molecule has 0 amide bonds.